The van der Waals surface area contributed by atoms with Crippen molar-refractivity contribution in [3.05, 3.63) is 104 Å². The van der Waals surface area contributed by atoms with Crippen molar-refractivity contribution in [2.75, 3.05) is 0 Å². The Labute approximate surface area is 179 Å². The molecule has 0 fully saturated rings. The van der Waals surface area contributed by atoms with E-state index in [4.69, 9.17) is 19.3 Å². The van der Waals surface area contributed by atoms with E-state index in [1.165, 1.54) is 12.1 Å². The van der Waals surface area contributed by atoms with E-state index in [0.717, 1.165) is 0 Å². The average molecular weight is 427 g/mol. The number of para-hydroxylation sites is 1. The molecule has 5 rings (SSSR count). The van der Waals surface area contributed by atoms with Crippen LogP contribution >= 0.6 is 0 Å². The summed E-state index contributed by atoms with van der Waals surface area (Å²) in [5.41, 5.74) is 6.36. The summed E-state index contributed by atoms with van der Waals surface area (Å²) in [5.74, 6) is -0.161. The Morgan fingerprint density at radius 2 is 1.78 bits per heavy atom. The number of fused-ring (bicyclic) bond motifs is 3. The molecule has 32 heavy (non-hydrogen) atoms. The van der Waals surface area contributed by atoms with Crippen molar-refractivity contribution in [2.24, 2.45) is 5.73 Å². The van der Waals surface area contributed by atoms with Crippen LogP contribution in [-0.2, 0) is 0 Å². The monoisotopic (exact) mass is 427 g/mol. The zero-order chi connectivity index (χ0) is 22.4. The number of nitrogens with zero attached hydrogens (tertiary/aromatic N) is 2. The second-order valence-electron chi connectivity index (χ2n) is 7.06. The highest BCUT2D eigenvalue weighted by atomic mass is 16.6. The second-order valence-corrected chi connectivity index (χ2v) is 7.06. The van der Waals surface area contributed by atoms with Crippen LogP contribution in [0.25, 0.3) is 22.3 Å². The average Bonchev–Trinajstić information content (AvgIpc) is 3.28. The van der Waals surface area contributed by atoms with Gasteiger partial charge in [0.05, 0.1) is 21.8 Å². The summed E-state index contributed by atoms with van der Waals surface area (Å²) in [6.45, 7) is 0. The molecular weight excluding hydrogens is 414 g/mol. The van der Waals surface area contributed by atoms with Gasteiger partial charge in [0.1, 0.15) is 28.7 Å². The van der Waals surface area contributed by atoms with Crippen molar-refractivity contribution in [2.45, 2.75) is 5.92 Å². The summed E-state index contributed by atoms with van der Waals surface area (Å²) < 4.78 is 17.1. The predicted octanol–water partition coefficient (Wildman–Crippen LogP) is 4.18. The first-order valence-corrected chi connectivity index (χ1v) is 9.46. The fraction of sp³-hybridized carbons (Fsp3) is 0.0435. The number of nitriles is 1. The van der Waals surface area contributed by atoms with Crippen molar-refractivity contribution in [1.29, 1.82) is 5.26 Å². The minimum Gasteiger partial charge on any atom is -0.460 e. The lowest BCUT2D eigenvalue weighted by molar-refractivity contribution is -0.384. The zero-order valence-corrected chi connectivity index (χ0v) is 16.3. The number of hydrogen-bond donors (Lipinski definition) is 1. The topological polar surface area (TPSA) is 146 Å². The van der Waals surface area contributed by atoms with Crippen LogP contribution in [0.3, 0.4) is 0 Å². The number of allylic oxidation sites excluding steroid dienone is 1. The Morgan fingerprint density at radius 3 is 2.50 bits per heavy atom. The summed E-state index contributed by atoms with van der Waals surface area (Å²) >= 11 is 0. The maximum atomic E-state index is 12.9. The summed E-state index contributed by atoms with van der Waals surface area (Å²) in [4.78, 5) is 23.3. The number of nitrogens with two attached hydrogens (primary N) is 1. The van der Waals surface area contributed by atoms with E-state index in [1.807, 2.05) is 6.07 Å². The third kappa shape index (κ3) is 2.90. The molecule has 1 aliphatic heterocycles. The van der Waals surface area contributed by atoms with Crippen LogP contribution in [0, 0.1) is 21.4 Å². The molecule has 0 aliphatic carbocycles. The number of ether oxygens (including phenoxy) is 1. The van der Waals surface area contributed by atoms with Crippen LogP contribution in [0.1, 0.15) is 17.2 Å². The Hall–Kier alpha value is -4.84. The summed E-state index contributed by atoms with van der Waals surface area (Å²) in [7, 11) is 0. The predicted molar refractivity (Wildman–Crippen MR) is 113 cm³/mol. The number of nitro groups is 1. The van der Waals surface area contributed by atoms with Crippen LogP contribution in [0.5, 0.6) is 5.75 Å². The lowest BCUT2D eigenvalue weighted by Gasteiger charge is -2.24. The standard InChI is InChI=1S/C23H13N3O6/c24-11-15-19(18-10-9-16(30-18)12-5-7-13(8-6-12)26(28)29)20-21(32-22(15)25)14-3-1-2-4-17(14)31-23(20)27/h1-10,19H,25H2. The van der Waals surface area contributed by atoms with Gasteiger partial charge in [-0.1, -0.05) is 12.1 Å². The van der Waals surface area contributed by atoms with E-state index in [0.29, 0.717) is 22.3 Å². The molecule has 9 nitrogen and oxygen atoms in total. The van der Waals surface area contributed by atoms with Crippen molar-refractivity contribution in [3.63, 3.8) is 0 Å². The molecule has 0 saturated heterocycles. The van der Waals surface area contributed by atoms with Crippen LogP contribution in [0.15, 0.2) is 85.7 Å². The van der Waals surface area contributed by atoms with Gasteiger partial charge in [0.2, 0.25) is 5.88 Å². The van der Waals surface area contributed by atoms with Crippen LogP contribution in [0.2, 0.25) is 0 Å². The smallest absolute Gasteiger partial charge is 0.344 e. The lowest BCUT2D eigenvalue weighted by Crippen LogP contribution is -2.26. The summed E-state index contributed by atoms with van der Waals surface area (Å²) in [5, 5.41) is 21.1. The Kier molecular flexibility index (Phi) is 4.27. The number of rotatable bonds is 3. The Bertz CT molecular complexity index is 1520. The molecule has 2 aromatic carbocycles. The van der Waals surface area contributed by atoms with Gasteiger partial charge in [-0.05, 0) is 36.4 Å². The van der Waals surface area contributed by atoms with Crippen LogP contribution in [0.4, 0.5) is 5.69 Å². The van der Waals surface area contributed by atoms with E-state index < -0.39 is 16.5 Å². The summed E-state index contributed by atoms with van der Waals surface area (Å²) in [6.07, 6.45) is 0. The highest BCUT2D eigenvalue weighted by molar-refractivity contribution is 5.85. The van der Waals surface area contributed by atoms with Crippen molar-refractivity contribution < 1.29 is 18.5 Å². The highest BCUT2D eigenvalue weighted by Crippen LogP contribution is 2.44. The van der Waals surface area contributed by atoms with Gasteiger partial charge in [-0.25, -0.2) is 4.79 Å². The molecule has 2 N–H and O–H groups in total. The van der Waals surface area contributed by atoms with E-state index in [-0.39, 0.29) is 34.2 Å². The number of non-ortho nitro benzene ring substituents is 1. The maximum absolute atomic E-state index is 12.9. The molecule has 2 aromatic heterocycles. The molecule has 9 heteroatoms. The SMILES string of the molecule is N#CC1=C(N)Oc2c(c(=O)oc3ccccc23)C1c1ccc(-c2ccc([N+](=O)[O-])cc2)o1. The van der Waals surface area contributed by atoms with Gasteiger partial charge in [-0.3, -0.25) is 10.1 Å². The number of furan rings is 1. The van der Waals surface area contributed by atoms with Crippen molar-refractivity contribution >= 4 is 16.7 Å². The minimum absolute atomic E-state index is 0.0182. The highest BCUT2D eigenvalue weighted by Gasteiger charge is 2.37. The molecule has 1 aliphatic rings. The Morgan fingerprint density at radius 1 is 1.03 bits per heavy atom. The minimum atomic E-state index is -0.934. The first kappa shape index (κ1) is 19.1. The largest absolute Gasteiger partial charge is 0.460 e. The van der Waals surface area contributed by atoms with E-state index >= 15 is 0 Å². The molecule has 1 unspecified atom stereocenters. The fourth-order valence-corrected chi connectivity index (χ4v) is 3.76. The Balaban J connectivity index is 1.67. The van der Waals surface area contributed by atoms with Crippen molar-refractivity contribution in [1.82, 2.24) is 0 Å². The molecule has 1 atom stereocenters. The maximum Gasteiger partial charge on any atom is 0.344 e. The molecule has 156 valence electrons. The van der Waals surface area contributed by atoms with E-state index in [1.54, 1.807) is 48.5 Å². The molecule has 0 bridgehead atoms. The molecule has 0 radical (unpaired) electrons. The zero-order valence-electron chi connectivity index (χ0n) is 16.3. The van der Waals surface area contributed by atoms with Gasteiger partial charge in [0, 0.05) is 17.7 Å². The van der Waals surface area contributed by atoms with Crippen molar-refractivity contribution in [3.8, 4) is 23.1 Å². The quantitative estimate of drug-likeness (QED) is 0.291. The van der Waals surface area contributed by atoms with Crippen LogP contribution < -0.4 is 16.1 Å². The number of hydrogen-bond acceptors (Lipinski definition) is 8. The van der Waals surface area contributed by atoms with Gasteiger partial charge in [0.25, 0.3) is 5.69 Å². The lowest BCUT2D eigenvalue weighted by atomic mass is 9.87. The van der Waals surface area contributed by atoms with Gasteiger partial charge in [-0.15, -0.1) is 0 Å². The molecule has 3 heterocycles. The fourth-order valence-electron chi connectivity index (χ4n) is 3.76. The first-order chi connectivity index (χ1) is 15.5. The van der Waals surface area contributed by atoms with Crippen LogP contribution in [-0.4, -0.2) is 4.92 Å². The molecule has 0 amide bonds. The third-order valence-corrected chi connectivity index (χ3v) is 5.25. The molecular formula is C23H13N3O6. The summed E-state index contributed by atoms with van der Waals surface area (Å²) in [6, 6.07) is 17.9. The first-order valence-electron chi connectivity index (χ1n) is 9.46. The van der Waals surface area contributed by atoms with E-state index in [2.05, 4.69) is 0 Å². The van der Waals surface area contributed by atoms with E-state index in [9.17, 15) is 20.2 Å². The molecule has 0 saturated carbocycles. The number of benzene rings is 2. The third-order valence-electron chi connectivity index (χ3n) is 5.25. The second kappa shape index (κ2) is 7.14. The molecule has 4 aromatic rings. The molecule has 0 spiro atoms. The number of nitro benzene ring substituents is 1. The van der Waals surface area contributed by atoms with Gasteiger partial charge < -0.3 is 19.3 Å². The van der Waals surface area contributed by atoms with Gasteiger partial charge >= 0.3 is 5.63 Å². The van der Waals surface area contributed by atoms with Gasteiger partial charge in [-0.2, -0.15) is 5.26 Å². The van der Waals surface area contributed by atoms with Gasteiger partial charge in [0.15, 0.2) is 5.75 Å². The normalized spacial score (nSPS) is 15.2.